The Morgan fingerprint density at radius 3 is 2.82 bits per heavy atom. The van der Waals surface area contributed by atoms with Gasteiger partial charge in [-0.3, -0.25) is 4.79 Å². The maximum atomic E-state index is 12.7. The fourth-order valence-electron chi connectivity index (χ4n) is 3.90. The minimum Gasteiger partial charge on any atom is -0.354 e. The van der Waals surface area contributed by atoms with Crippen LogP contribution in [0.3, 0.4) is 0 Å². The lowest BCUT2D eigenvalue weighted by Gasteiger charge is -2.33. The average molecular weight is 409 g/mol. The molecule has 3 N–H and O–H groups in total. The second kappa shape index (κ2) is 10.7. The molecule has 0 saturated carbocycles. The number of carbonyl (C=O) groups is 2. The summed E-state index contributed by atoms with van der Waals surface area (Å²) in [6, 6.07) is 8.53. The molecule has 2 aliphatic heterocycles. The molecule has 28 heavy (non-hydrogen) atoms. The number of piperidine rings is 1. The number of hydrogen-bond donors (Lipinski definition) is 3. The molecule has 6 nitrogen and oxygen atoms in total. The minimum atomic E-state index is -0.123. The molecule has 3 rings (SSSR count). The maximum Gasteiger partial charge on any atom is 0.317 e. The zero-order valence-electron chi connectivity index (χ0n) is 16.9. The highest BCUT2D eigenvalue weighted by atomic mass is 35.5. The molecule has 7 heteroatoms. The Kier molecular flexibility index (Phi) is 8.58. The fourth-order valence-corrected chi connectivity index (χ4v) is 3.90. The largest absolute Gasteiger partial charge is 0.354 e. The van der Waals surface area contributed by atoms with Gasteiger partial charge in [0.05, 0.1) is 5.92 Å². The van der Waals surface area contributed by atoms with Crippen molar-refractivity contribution in [3.63, 3.8) is 0 Å². The number of nitrogens with zero attached hydrogens (tertiary/aromatic N) is 1. The van der Waals surface area contributed by atoms with Crippen molar-refractivity contribution in [2.24, 2.45) is 11.8 Å². The summed E-state index contributed by atoms with van der Waals surface area (Å²) in [4.78, 5) is 26.8. The molecule has 0 spiro atoms. The summed E-state index contributed by atoms with van der Waals surface area (Å²) in [5.41, 5.74) is 2.64. The molecular weight excluding hydrogens is 376 g/mol. The quantitative estimate of drug-likeness (QED) is 0.700. The van der Waals surface area contributed by atoms with E-state index in [1.54, 1.807) is 4.90 Å². The van der Waals surface area contributed by atoms with Crippen molar-refractivity contribution < 1.29 is 9.59 Å². The molecule has 2 heterocycles. The fraction of sp³-hybridized carbons (Fsp3) is 0.619. The standard InChI is InChI=1S/C21H32N4O2.ClH/c1-15(2)12-24-21(27)25-11-5-7-17(14-25)20(26)23-13-19-18-8-4-3-6-16(18)9-10-22-19;/h3-4,6,8,15,17,19,22H,5,7,9-14H2,1-2H3,(H,23,26)(H,24,27);1H. The molecule has 2 atom stereocenters. The van der Waals surface area contributed by atoms with Crippen LogP contribution < -0.4 is 16.0 Å². The lowest BCUT2D eigenvalue weighted by molar-refractivity contribution is -0.126. The molecule has 1 fully saturated rings. The number of urea groups is 1. The van der Waals surface area contributed by atoms with Crippen LogP contribution in [0.1, 0.15) is 43.9 Å². The van der Waals surface area contributed by atoms with E-state index in [0.717, 1.165) is 32.4 Å². The number of halogens is 1. The molecular formula is C21H33ClN4O2. The predicted molar refractivity (Wildman–Crippen MR) is 114 cm³/mol. The Bertz CT molecular complexity index is 668. The summed E-state index contributed by atoms with van der Waals surface area (Å²) in [5.74, 6) is 0.354. The third kappa shape index (κ3) is 5.85. The topological polar surface area (TPSA) is 73.5 Å². The SMILES string of the molecule is CC(C)CNC(=O)N1CCCC(C(=O)NCC2NCCc3ccccc32)C1.Cl. The van der Waals surface area contributed by atoms with Gasteiger partial charge in [-0.1, -0.05) is 38.1 Å². The zero-order chi connectivity index (χ0) is 19.2. The van der Waals surface area contributed by atoms with Gasteiger partial charge in [0.2, 0.25) is 5.91 Å². The number of likely N-dealkylation sites (tertiary alicyclic amines) is 1. The Hall–Kier alpha value is -1.79. The minimum absolute atomic E-state index is 0. The number of rotatable bonds is 5. The van der Waals surface area contributed by atoms with Gasteiger partial charge in [0, 0.05) is 32.2 Å². The van der Waals surface area contributed by atoms with Gasteiger partial charge in [0.15, 0.2) is 0 Å². The third-order valence-corrected chi connectivity index (χ3v) is 5.44. The first kappa shape index (κ1) is 22.5. The smallest absolute Gasteiger partial charge is 0.317 e. The number of amides is 3. The first-order chi connectivity index (χ1) is 13.0. The van der Waals surface area contributed by atoms with Gasteiger partial charge >= 0.3 is 6.03 Å². The van der Waals surface area contributed by atoms with Crippen LogP contribution in [0.15, 0.2) is 24.3 Å². The van der Waals surface area contributed by atoms with Gasteiger partial charge in [-0.2, -0.15) is 0 Å². The van der Waals surface area contributed by atoms with E-state index in [1.807, 2.05) is 0 Å². The maximum absolute atomic E-state index is 12.7. The lowest BCUT2D eigenvalue weighted by atomic mass is 9.93. The van der Waals surface area contributed by atoms with E-state index in [4.69, 9.17) is 0 Å². The number of hydrogen-bond acceptors (Lipinski definition) is 3. The van der Waals surface area contributed by atoms with E-state index in [9.17, 15) is 9.59 Å². The van der Waals surface area contributed by atoms with Crippen LogP contribution in [-0.4, -0.2) is 49.6 Å². The highest BCUT2D eigenvalue weighted by Gasteiger charge is 2.29. The second-order valence-corrected chi connectivity index (χ2v) is 8.07. The molecule has 156 valence electrons. The van der Waals surface area contributed by atoms with Crippen molar-refractivity contribution in [3.8, 4) is 0 Å². The van der Waals surface area contributed by atoms with Gasteiger partial charge in [-0.05, 0) is 42.9 Å². The van der Waals surface area contributed by atoms with E-state index in [0.29, 0.717) is 25.6 Å². The van der Waals surface area contributed by atoms with Crippen molar-refractivity contribution in [1.29, 1.82) is 0 Å². The van der Waals surface area contributed by atoms with Gasteiger partial charge in [-0.15, -0.1) is 12.4 Å². The monoisotopic (exact) mass is 408 g/mol. The lowest BCUT2D eigenvalue weighted by Crippen LogP contribution is -2.50. The van der Waals surface area contributed by atoms with E-state index in [2.05, 4.69) is 54.1 Å². The van der Waals surface area contributed by atoms with Crippen molar-refractivity contribution in [2.75, 3.05) is 32.7 Å². The Labute approximate surface area is 174 Å². The summed E-state index contributed by atoms with van der Waals surface area (Å²) in [7, 11) is 0. The van der Waals surface area contributed by atoms with E-state index < -0.39 is 0 Å². The van der Waals surface area contributed by atoms with Crippen LogP contribution in [0.2, 0.25) is 0 Å². The third-order valence-electron chi connectivity index (χ3n) is 5.44. The molecule has 0 bridgehead atoms. The van der Waals surface area contributed by atoms with Crippen molar-refractivity contribution >= 4 is 24.3 Å². The molecule has 3 amide bonds. The molecule has 1 aromatic carbocycles. The van der Waals surface area contributed by atoms with E-state index in [-0.39, 0.29) is 36.3 Å². The Morgan fingerprint density at radius 1 is 1.25 bits per heavy atom. The summed E-state index contributed by atoms with van der Waals surface area (Å²) in [5, 5.41) is 9.56. The van der Waals surface area contributed by atoms with Crippen LogP contribution in [0.4, 0.5) is 4.79 Å². The average Bonchev–Trinajstić information content (AvgIpc) is 2.70. The van der Waals surface area contributed by atoms with E-state index in [1.165, 1.54) is 11.1 Å². The molecule has 2 unspecified atom stereocenters. The molecule has 0 aliphatic carbocycles. The van der Waals surface area contributed by atoms with E-state index >= 15 is 0 Å². The van der Waals surface area contributed by atoms with Gasteiger partial charge in [-0.25, -0.2) is 4.79 Å². The summed E-state index contributed by atoms with van der Waals surface area (Å²) in [6.45, 7) is 7.57. The van der Waals surface area contributed by atoms with Gasteiger partial charge < -0.3 is 20.9 Å². The van der Waals surface area contributed by atoms with Crippen LogP contribution in [-0.2, 0) is 11.2 Å². The van der Waals surface area contributed by atoms with Crippen molar-refractivity contribution in [2.45, 2.75) is 39.2 Å². The zero-order valence-corrected chi connectivity index (χ0v) is 17.7. The van der Waals surface area contributed by atoms with Crippen LogP contribution >= 0.6 is 12.4 Å². The number of benzene rings is 1. The Balaban J connectivity index is 0.00000280. The highest BCUT2D eigenvalue weighted by molar-refractivity contribution is 5.85. The number of carbonyl (C=O) groups excluding carboxylic acids is 2. The number of fused-ring (bicyclic) bond motifs is 1. The number of nitrogens with one attached hydrogen (secondary N) is 3. The highest BCUT2D eigenvalue weighted by Crippen LogP contribution is 2.22. The summed E-state index contributed by atoms with van der Waals surface area (Å²) >= 11 is 0. The van der Waals surface area contributed by atoms with Gasteiger partial charge in [0.1, 0.15) is 0 Å². The Morgan fingerprint density at radius 2 is 2.04 bits per heavy atom. The molecule has 1 aromatic rings. The molecule has 0 aromatic heterocycles. The molecule has 0 radical (unpaired) electrons. The second-order valence-electron chi connectivity index (χ2n) is 8.07. The predicted octanol–water partition coefficient (Wildman–Crippen LogP) is 2.49. The van der Waals surface area contributed by atoms with Crippen molar-refractivity contribution in [1.82, 2.24) is 20.9 Å². The van der Waals surface area contributed by atoms with Crippen LogP contribution in [0, 0.1) is 11.8 Å². The normalized spacial score (nSPS) is 21.5. The van der Waals surface area contributed by atoms with Gasteiger partial charge in [0.25, 0.3) is 0 Å². The van der Waals surface area contributed by atoms with Crippen LogP contribution in [0.25, 0.3) is 0 Å². The first-order valence-corrected chi connectivity index (χ1v) is 10.2. The first-order valence-electron chi connectivity index (χ1n) is 10.2. The van der Waals surface area contributed by atoms with Crippen molar-refractivity contribution in [3.05, 3.63) is 35.4 Å². The van der Waals surface area contributed by atoms with Crippen LogP contribution in [0.5, 0.6) is 0 Å². The summed E-state index contributed by atoms with van der Waals surface area (Å²) in [6.07, 6.45) is 2.75. The molecule has 2 aliphatic rings. The summed E-state index contributed by atoms with van der Waals surface area (Å²) < 4.78 is 0. The molecule has 1 saturated heterocycles.